The maximum atomic E-state index is 11.8. The van der Waals surface area contributed by atoms with Gasteiger partial charge in [0.1, 0.15) is 0 Å². The van der Waals surface area contributed by atoms with E-state index in [0.717, 1.165) is 0 Å². The standard InChI is InChI=1S/C13H12ClN3O2S/c1-17-5-6-20-13(17)16-11(18)8-15-12(19)9-3-2-4-10(14)7-9/h2-7H,8H2,1H3,(H,15,19). The minimum absolute atomic E-state index is 0.150. The van der Waals surface area contributed by atoms with Gasteiger partial charge in [0.15, 0.2) is 4.80 Å². The van der Waals surface area contributed by atoms with Gasteiger partial charge < -0.3 is 9.88 Å². The molecule has 0 saturated heterocycles. The van der Waals surface area contributed by atoms with E-state index in [2.05, 4.69) is 10.3 Å². The molecule has 0 saturated carbocycles. The molecule has 1 N–H and O–H groups in total. The van der Waals surface area contributed by atoms with Crippen LogP contribution in [0.3, 0.4) is 0 Å². The second-order valence-corrected chi connectivity index (χ2v) is 5.30. The Morgan fingerprint density at radius 1 is 1.45 bits per heavy atom. The second kappa shape index (κ2) is 6.49. The Kier molecular flexibility index (Phi) is 4.70. The van der Waals surface area contributed by atoms with Crippen molar-refractivity contribution in [3.05, 3.63) is 51.2 Å². The third-order valence-electron chi connectivity index (χ3n) is 2.47. The van der Waals surface area contributed by atoms with E-state index >= 15 is 0 Å². The summed E-state index contributed by atoms with van der Waals surface area (Å²) in [7, 11) is 1.80. The van der Waals surface area contributed by atoms with Crippen molar-refractivity contribution in [2.45, 2.75) is 0 Å². The van der Waals surface area contributed by atoms with Crippen molar-refractivity contribution in [3.63, 3.8) is 0 Å². The molecule has 20 heavy (non-hydrogen) atoms. The highest BCUT2D eigenvalue weighted by atomic mass is 35.5. The van der Waals surface area contributed by atoms with Gasteiger partial charge in [-0.2, -0.15) is 4.99 Å². The van der Waals surface area contributed by atoms with Gasteiger partial charge in [0.05, 0.1) is 6.54 Å². The van der Waals surface area contributed by atoms with Crippen LogP contribution in [-0.2, 0) is 11.8 Å². The molecule has 2 amide bonds. The van der Waals surface area contributed by atoms with Gasteiger partial charge >= 0.3 is 0 Å². The third kappa shape index (κ3) is 3.79. The number of hydrogen-bond acceptors (Lipinski definition) is 3. The largest absolute Gasteiger partial charge is 0.343 e. The first kappa shape index (κ1) is 14.5. The molecular weight excluding hydrogens is 298 g/mol. The van der Waals surface area contributed by atoms with E-state index < -0.39 is 5.91 Å². The predicted molar refractivity (Wildman–Crippen MR) is 77.6 cm³/mol. The van der Waals surface area contributed by atoms with E-state index in [4.69, 9.17) is 11.6 Å². The molecule has 0 aliphatic rings. The second-order valence-electron chi connectivity index (χ2n) is 4.00. The molecule has 1 heterocycles. The van der Waals surface area contributed by atoms with Crippen molar-refractivity contribution in [3.8, 4) is 0 Å². The Hall–Kier alpha value is -1.92. The molecule has 0 unspecified atom stereocenters. The number of rotatable bonds is 3. The van der Waals surface area contributed by atoms with Gasteiger partial charge in [-0.25, -0.2) is 0 Å². The molecule has 0 aliphatic heterocycles. The maximum absolute atomic E-state index is 11.8. The molecule has 1 aromatic carbocycles. The zero-order valence-corrected chi connectivity index (χ0v) is 12.2. The molecule has 0 spiro atoms. The lowest BCUT2D eigenvalue weighted by molar-refractivity contribution is -0.117. The normalized spacial score (nSPS) is 11.4. The number of benzene rings is 1. The van der Waals surface area contributed by atoms with Crippen LogP contribution < -0.4 is 10.1 Å². The van der Waals surface area contributed by atoms with Gasteiger partial charge in [-0.1, -0.05) is 17.7 Å². The molecule has 1 aromatic heterocycles. The lowest BCUT2D eigenvalue weighted by atomic mass is 10.2. The van der Waals surface area contributed by atoms with Crippen molar-refractivity contribution in [2.24, 2.45) is 12.0 Å². The van der Waals surface area contributed by atoms with Gasteiger partial charge in [-0.3, -0.25) is 9.59 Å². The number of amides is 2. The summed E-state index contributed by atoms with van der Waals surface area (Å²) in [6.45, 7) is -0.150. The van der Waals surface area contributed by atoms with Crippen molar-refractivity contribution >= 4 is 34.8 Å². The first-order chi connectivity index (χ1) is 9.56. The number of aromatic nitrogens is 1. The molecule has 104 valence electrons. The smallest absolute Gasteiger partial charge is 0.267 e. The van der Waals surface area contributed by atoms with E-state index in [1.165, 1.54) is 17.4 Å². The Morgan fingerprint density at radius 3 is 2.90 bits per heavy atom. The van der Waals surface area contributed by atoms with Crippen LogP contribution in [0.5, 0.6) is 0 Å². The van der Waals surface area contributed by atoms with Crippen molar-refractivity contribution in [2.75, 3.05) is 6.54 Å². The van der Waals surface area contributed by atoms with Crippen LogP contribution in [0, 0.1) is 0 Å². The number of aryl methyl sites for hydroxylation is 1. The van der Waals surface area contributed by atoms with E-state index in [-0.39, 0.29) is 12.5 Å². The Bertz CT molecular complexity index is 705. The zero-order chi connectivity index (χ0) is 14.5. The van der Waals surface area contributed by atoms with Crippen molar-refractivity contribution < 1.29 is 9.59 Å². The number of nitrogens with one attached hydrogen (secondary N) is 1. The number of thiazole rings is 1. The highest BCUT2D eigenvalue weighted by molar-refractivity contribution is 7.07. The SMILES string of the molecule is Cn1ccsc1=NC(=O)CNC(=O)c1cccc(Cl)c1. The summed E-state index contributed by atoms with van der Waals surface area (Å²) in [6, 6.07) is 6.52. The fraction of sp³-hybridized carbons (Fsp3) is 0.154. The minimum Gasteiger partial charge on any atom is -0.343 e. The summed E-state index contributed by atoms with van der Waals surface area (Å²) in [5.41, 5.74) is 0.409. The van der Waals surface area contributed by atoms with Crippen LogP contribution in [0.25, 0.3) is 0 Å². The predicted octanol–water partition coefficient (Wildman–Crippen LogP) is 1.60. The van der Waals surface area contributed by atoms with Crippen LogP contribution in [0.4, 0.5) is 0 Å². The fourth-order valence-electron chi connectivity index (χ4n) is 1.47. The van der Waals surface area contributed by atoms with Crippen molar-refractivity contribution in [1.29, 1.82) is 0 Å². The molecular formula is C13H12ClN3O2S. The van der Waals surface area contributed by atoms with E-state index in [9.17, 15) is 9.59 Å². The highest BCUT2D eigenvalue weighted by Crippen LogP contribution is 2.10. The van der Waals surface area contributed by atoms with E-state index in [1.807, 2.05) is 5.38 Å². The van der Waals surface area contributed by atoms with Crippen LogP contribution in [-0.4, -0.2) is 22.9 Å². The minimum atomic E-state index is -0.404. The van der Waals surface area contributed by atoms with Gasteiger partial charge in [0, 0.05) is 29.2 Å². The van der Waals surface area contributed by atoms with Gasteiger partial charge in [-0.15, -0.1) is 11.3 Å². The first-order valence-corrected chi connectivity index (χ1v) is 7.03. The summed E-state index contributed by atoms with van der Waals surface area (Å²) in [5.74, 6) is -0.759. The molecule has 0 radical (unpaired) electrons. The monoisotopic (exact) mass is 309 g/mol. The highest BCUT2D eigenvalue weighted by Gasteiger charge is 2.07. The van der Waals surface area contributed by atoms with Crippen molar-refractivity contribution in [1.82, 2.24) is 9.88 Å². The van der Waals surface area contributed by atoms with Crippen LogP contribution in [0.1, 0.15) is 10.4 Å². The summed E-state index contributed by atoms with van der Waals surface area (Å²) >= 11 is 7.15. The molecule has 2 aromatic rings. The van der Waals surface area contributed by atoms with Crippen LogP contribution in [0.15, 0.2) is 40.8 Å². The van der Waals surface area contributed by atoms with E-state index in [1.54, 1.807) is 36.0 Å². The number of hydrogen-bond donors (Lipinski definition) is 1. The Labute approximate surface area is 124 Å². The average Bonchev–Trinajstić information content (AvgIpc) is 2.81. The van der Waals surface area contributed by atoms with E-state index in [0.29, 0.717) is 15.4 Å². The lowest BCUT2D eigenvalue weighted by Gasteiger charge is -2.02. The lowest BCUT2D eigenvalue weighted by Crippen LogP contribution is -2.29. The maximum Gasteiger partial charge on any atom is 0.267 e. The summed E-state index contributed by atoms with van der Waals surface area (Å²) in [6.07, 6.45) is 1.81. The molecule has 0 bridgehead atoms. The third-order valence-corrected chi connectivity index (χ3v) is 3.55. The first-order valence-electron chi connectivity index (χ1n) is 5.78. The summed E-state index contributed by atoms with van der Waals surface area (Å²) in [4.78, 5) is 27.9. The van der Waals surface area contributed by atoms with Gasteiger partial charge in [0.25, 0.3) is 11.8 Å². The van der Waals surface area contributed by atoms with Crippen LogP contribution >= 0.6 is 22.9 Å². The molecule has 7 heteroatoms. The zero-order valence-electron chi connectivity index (χ0n) is 10.7. The number of nitrogens with zero attached hydrogens (tertiary/aromatic N) is 2. The molecule has 0 aliphatic carbocycles. The molecule has 5 nitrogen and oxygen atoms in total. The fourth-order valence-corrected chi connectivity index (χ4v) is 2.41. The average molecular weight is 310 g/mol. The molecule has 0 atom stereocenters. The molecule has 2 rings (SSSR count). The number of carbonyl (C=O) groups excluding carboxylic acids is 2. The summed E-state index contributed by atoms with van der Waals surface area (Å²) < 4.78 is 1.74. The van der Waals surface area contributed by atoms with Gasteiger partial charge in [0.2, 0.25) is 0 Å². The van der Waals surface area contributed by atoms with Gasteiger partial charge in [-0.05, 0) is 18.2 Å². The summed E-state index contributed by atoms with van der Waals surface area (Å²) in [5, 5.41) is 4.81. The molecule has 0 fully saturated rings. The number of carbonyl (C=O) groups is 2. The Morgan fingerprint density at radius 2 is 2.25 bits per heavy atom. The topological polar surface area (TPSA) is 63.5 Å². The number of halogens is 1. The Balaban J connectivity index is 1.97. The quantitative estimate of drug-likeness (QED) is 0.936. The van der Waals surface area contributed by atoms with Crippen LogP contribution in [0.2, 0.25) is 5.02 Å².